The summed E-state index contributed by atoms with van der Waals surface area (Å²) in [6, 6.07) is 21.2. The molecule has 4 nitrogen and oxygen atoms in total. The molecule has 0 aliphatic carbocycles. The maximum Gasteiger partial charge on any atom is 0.243 e. The Balaban J connectivity index is 1.94. The number of amides is 1. The summed E-state index contributed by atoms with van der Waals surface area (Å²) in [6.07, 6.45) is 0. The first-order valence-electron chi connectivity index (χ1n) is 6.77. The first-order valence-corrected chi connectivity index (χ1v) is 6.77. The molecule has 4 heteroatoms. The lowest BCUT2D eigenvalue weighted by molar-refractivity contribution is -0.129. The molecule has 0 atom stereocenters. The molecule has 2 aromatic carbocycles. The topological polar surface area (TPSA) is 56.1 Å². The molecule has 0 aliphatic heterocycles. The van der Waals surface area contributed by atoms with Crippen LogP contribution in [0.15, 0.2) is 60.7 Å². The Hall–Kier alpha value is -2.80. The minimum atomic E-state index is -0.0933. The summed E-state index contributed by atoms with van der Waals surface area (Å²) in [6.45, 7) is 0.715. The highest BCUT2D eigenvalue weighted by Crippen LogP contribution is 2.07. The van der Waals surface area contributed by atoms with Gasteiger partial charge in [-0.15, -0.1) is 0 Å². The van der Waals surface area contributed by atoms with E-state index in [1.54, 1.807) is 4.90 Å². The first-order chi connectivity index (χ1) is 10.3. The van der Waals surface area contributed by atoms with Gasteiger partial charge in [0.1, 0.15) is 6.54 Å². The van der Waals surface area contributed by atoms with Gasteiger partial charge in [0.2, 0.25) is 5.91 Å². The zero-order chi connectivity index (χ0) is 14.9. The Bertz CT molecular complexity index is 605. The monoisotopic (exact) mass is 279 g/mol. The second-order valence-electron chi connectivity index (χ2n) is 4.61. The summed E-state index contributed by atoms with van der Waals surface area (Å²) < 4.78 is 0. The minimum Gasteiger partial charge on any atom is -0.376 e. The molecule has 0 aromatic heterocycles. The molecule has 1 amide bonds. The number of hydrogen-bond acceptors (Lipinski definition) is 3. The molecule has 0 saturated heterocycles. The third-order valence-corrected chi connectivity index (χ3v) is 3.05. The lowest BCUT2D eigenvalue weighted by Crippen LogP contribution is -2.35. The molecule has 0 spiro atoms. The van der Waals surface area contributed by atoms with Crippen LogP contribution in [0.3, 0.4) is 0 Å². The number of benzene rings is 2. The molecule has 0 saturated carbocycles. The Morgan fingerprint density at radius 3 is 2.29 bits per heavy atom. The normalized spacial score (nSPS) is 9.67. The van der Waals surface area contributed by atoms with Crippen LogP contribution in [-0.4, -0.2) is 23.9 Å². The molecular weight excluding hydrogens is 262 g/mol. The van der Waals surface area contributed by atoms with E-state index in [-0.39, 0.29) is 19.0 Å². The number of nitriles is 1. The van der Waals surface area contributed by atoms with Crippen LogP contribution >= 0.6 is 0 Å². The largest absolute Gasteiger partial charge is 0.376 e. The molecule has 2 rings (SSSR count). The lowest BCUT2D eigenvalue weighted by Gasteiger charge is -2.20. The Morgan fingerprint density at radius 2 is 1.67 bits per heavy atom. The van der Waals surface area contributed by atoms with Gasteiger partial charge in [-0.2, -0.15) is 5.26 Å². The third-order valence-electron chi connectivity index (χ3n) is 3.05. The molecular formula is C17H17N3O. The molecule has 2 aromatic rings. The zero-order valence-corrected chi connectivity index (χ0v) is 11.7. The van der Waals surface area contributed by atoms with Crippen molar-refractivity contribution in [2.24, 2.45) is 0 Å². The van der Waals surface area contributed by atoms with Gasteiger partial charge in [0, 0.05) is 12.2 Å². The maximum absolute atomic E-state index is 12.2. The number of nitrogens with zero attached hydrogens (tertiary/aromatic N) is 2. The molecule has 0 aliphatic rings. The van der Waals surface area contributed by atoms with Gasteiger partial charge in [0.15, 0.2) is 0 Å². The van der Waals surface area contributed by atoms with Crippen molar-refractivity contribution in [1.29, 1.82) is 5.26 Å². The molecule has 0 unspecified atom stereocenters. The predicted octanol–water partition coefficient (Wildman–Crippen LogP) is 2.65. The molecule has 106 valence electrons. The summed E-state index contributed by atoms with van der Waals surface area (Å²) in [7, 11) is 0. The van der Waals surface area contributed by atoms with E-state index in [1.807, 2.05) is 66.7 Å². The maximum atomic E-state index is 12.2. The van der Waals surface area contributed by atoms with Crippen molar-refractivity contribution < 1.29 is 4.79 Å². The lowest BCUT2D eigenvalue weighted by atomic mass is 10.2. The van der Waals surface area contributed by atoms with Crippen LogP contribution in [0, 0.1) is 11.3 Å². The SMILES string of the molecule is N#CCN(Cc1ccccc1)C(=O)CNc1ccccc1. The van der Waals surface area contributed by atoms with E-state index in [4.69, 9.17) is 5.26 Å². The summed E-state index contributed by atoms with van der Waals surface area (Å²) in [5.41, 5.74) is 1.91. The highest BCUT2D eigenvalue weighted by molar-refractivity contribution is 5.81. The van der Waals surface area contributed by atoms with Crippen molar-refractivity contribution >= 4 is 11.6 Å². The van der Waals surface area contributed by atoms with E-state index in [1.165, 1.54) is 0 Å². The summed E-state index contributed by atoms with van der Waals surface area (Å²) in [4.78, 5) is 13.8. The number of nitrogens with one attached hydrogen (secondary N) is 1. The van der Waals surface area contributed by atoms with E-state index >= 15 is 0 Å². The van der Waals surface area contributed by atoms with Crippen molar-refractivity contribution in [2.75, 3.05) is 18.4 Å². The third kappa shape index (κ3) is 4.66. The van der Waals surface area contributed by atoms with E-state index in [2.05, 4.69) is 5.32 Å². The second kappa shape index (κ2) is 7.71. The predicted molar refractivity (Wildman–Crippen MR) is 82.4 cm³/mol. The Morgan fingerprint density at radius 1 is 1.05 bits per heavy atom. The summed E-state index contributed by atoms with van der Waals surface area (Å²) in [5, 5.41) is 12.0. The van der Waals surface area contributed by atoms with Crippen molar-refractivity contribution in [3.8, 4) is 6.07 Å². The Kier molecular flexibility index (Phi) is 5.36. The molecule has 1 N–H and O–H groups in total. The van der Waals surface area contributed by atoms with Crippen LogP contribution in [0.5, 0.6) is 0 Å². The van der Waals surface area contributed by atoms with Crippen molar-refractivity contribution in [2.45, 2.75) is 6.54 Å². The summed E-state index contributed by atoms with van der Waals surface area (Å²) in [5.74, 6) is -0.0933. The number of carbonyl (C=O) groups excluding carboxylic acids is 1. The Labute approximate surface area is 124 Å². The van der Waals surface area contributed by atoms with Crippen LogP contribution in [0.1, 0.15) is 5.56 Å². The van der Waals surface area contributed by atoms with Crippen LogP contribution < -0.4 is 5.32 Å². The highest BCUT2D eigenvalue weighted by Gasteiger charge is 2.13. The second-order valence-corrected chi connectivity index (χ2v) is 4.61. The van der Waals surface area contributed by atoms with Gasteiger partial charge >= 0.3 is 0 Å². The standard InChI is InChI=1S/C17H17N3O/c18-11-12-20(14-15-7-3-1-4-8-15)17(21)13-19-16-9-5-2-6-10-16/h1-10,19H,12-14H2. The van der Waals surface area contributed by atoms with Crippen LogP contribution in [-0.2, 0) is 11.3 Å². The van der Waals surface area contributed by atoms with E-state index in [0.717, 1.165) is 11.3 Å². The van der Waals surface area contributed by atoms with Gasteiger partial charge in [0.05, 0.1) is 12.6 Å². The molecule has 0 fully saturated rings. The zero-order valence-electron chi connectivity index (χ0n) is 11.7. The van der Waals surface area contributed by atoms with Gasteiger partial charge in [-0.1, -0.05) is 48.5 Å². The highest BCUT2D eigenvalue weighted by atomic mass is 16.2. The number of para-hydroxylation sites is 1. The molecule has 0 radical (unpaired) electrons. The number of carbonyl (C=O) groups is 1. The van der Waals surface area contributed by atoms with E-state index in [9.17, 15) is 4.79 Å². The fourth-order valence-electron chi connectivity index (χ4n) is 1.97. The summed E-state index contributed by atoms with van der Waals surface area (Å²) >= 11 is 0. The quantitative estimate of drug-likeness (QED) is 0.827. The smallest absolute Gasteiger partial charge is 0.243 e. The minimum absolute atomic E-state index is 0.0875. The van der Waals surface area contributed by atoms with Crippen LogP contribution in [0.4, 0.5) is 5.69 Å². The van der Waals surface area contributed by atoms with Crippen molar-refractivity contribution in [3.05, 3.63) is 66.2 Å². The number of rotatable bonds is 6. The fraction of sp³-hybridized carbons (Fsp3) is 0.176. The first kappa shape index (κ1) is 14.6. The number of hydrogen-bond donors (Lipinski definition) is 1. The van der Waals surface area contributed by atoms with Gasteiger partial charge < -0.3 is 10.2 Å². The average Bonchev–Trinajstić information content (AvgIpc) is 2.54. The van der Waals surface area contributed by atoms with Crippen molar-refractivity contribution in [1.82, 2.24) is 4.90 Å². The molecule has 0 heterocycles. The molecule has 21 heavy (non-hydrogen) atoms. The van der Waals surface area contributed by atoms with Gasteiger partial charge in [-0.05, 0) is 17.7 Å². The van der Waals surface area contributed by atoms with Gasteiger partial charge in [-0.25, -0.2) is 0 Å². The van der Waals surface area contributed by atoms with E-state index < -0.39 is 0 Å². The van der Waals surface area contributed by atoms with Gasteiger partial charge in [0.25, 0.3) is 0 Å². The fourth-order valence-corrected chi connectivity index (χ4v) is 1.97. The molecule has 0 bridgehead atoms. The van der Waals surface area contributed by atoms with Gasteiger partial charge in [-0.3, -0.25) is 4.79 Å². The van der Waals surface area contributed by atoms with E-state index in [0.29, 0.717) is 6.54 Å². The van der Waals surface area contributed by atoms with Crippen LogP contribution in [0.25, 0.3) is 0 Å². The van der Waals surface area contributed by atoms with Crippen molar-refractivity contribution in [3.63, 3.8) is 0 Å². The average molecular weight is 279 g/mol. The number of anilines is 1. The van der Waals surface area contributed by atoms with Crippen LogP contribution in [0.2, 0.25) is 0 Å².